The zero-order chi connectivity index (χ0) is 20.3. The summed E-state index contributed by atoms with van der Waals surface area (Å²) in [6, 6.07) is 12.4. The van der Waals surface area contributed by atoms with Crippen molar-refractivity contribution in [2.24, 2.45) is 5.92 Å². The minimum absolute atomic E-state index is 0.0594. The first kappa shape index (κ1) is 21.1. The third-order valence-electron chi connectivity index (χ3n) is 4.95. The summed E-state index contributed by atoms with van der Waals surface area (Å²) in [5, 5.41) is 3.68. The number of benzene rings is 2. The molecule has 1 aliphatic heterocycles. The molecule has 0 bridgehead atoms. The van der Waals surface area contributed by atoms with Gasteiger partial charge in [0.25, 0.3) is 0 Å². The number of rotatable bonds is 5. The Hall–Kier alpha value is -1.60. The van der Waals surface area contributed by atoms with Crippen molar-refractivity contribution < 1.29 is 13.2 Å². The molecule has 1 N–H and O–H groups in total. The summed E-state index contributed by atoms with van der Waals surface area (Å²) in [5.74, 6) is -0.392. The number of hydrogen-bond acceptors (Lipinski definition) is 3. The van der Waals surface area contributed by atoms with Gasteiger partial charge >= 0.3 is 0 Å². The van der Waals surface area contributed by atoms with Gasteiger partial charge in [0.05, 0.1) is 15.8 Å². The second-order valence-corrected chi connectivity index (χ2v) is 9.77. The standard InChI is InChI=1S/C20H22Cl2N2O3S/c1-14-4-2-3-5-19(14)23-20(25)16-8-10-24(11-9-16)28(26,27)13-15-6-7-17(21)18(22)12-15/h2-7,12,16H,8-11,13H2,1H3,(H,23,25). The molecule has 1 saturated heterocycles. The summed E-state index contributed by atoms with van der Waals surface area (Å²) >= 11 is 11.9. The monoisotopic (exact) mass is 440 g/mol. The smallest absolute Gasteiger partial charge is 0.227 e. The van der Waals surface area contributed by atoms with E-state index < -0.39 is 10.0 Å². The zero-order valence-corrected chi connectivity index (χ0v) is 17.8. The maximum absolute atomic E-state index is 12.7. The summed E-state index contributed by atoms with van der Waals surface area (Å²) in [6.07, 6.45) is 0.997. The Balaban J connectivity index is 1.58. The van der Waals surface area contributed by atoms with Crippen molar-refractivity contribution in [2.45, 2.75) is 25.5 Å². The van der Waals surface area contributed by atoms with Crippen molar-refractivity contribution in [1.82, 2.24) is 4.31 Å². The van der Waals surface area contributed by atoms with Gasteiger partial charge in [0, 0.05) is 24.7 Å². The first-order valence-electron chi connectivity index (χ1n) is 9.04. The third kappa shape index (κ3) is 5.06. The van der Waals surface area contributed by atoms with Crippen molar-refractivity contribution >= 4 is 44.8 Å². The number of amides is 1. The lowest BCUT2D eigenvalue weighted by Crippen LogP contribution is -2.41. The number of aryl methyl sites for hydroxylation is 1. The number of hydrogen-bond donors (Lipinski definition) is 1. The Labute approximate surface area is 175 Å². The fraction of sp³-hybridized carbons (Fsp3) is 0.350. The predicted octanol–water partition coefficient (Wildman–Crippen LogP) is 4.48. The van der Waals surface area contributed by atoms with Crippen LogP contribution < -0.4 is 5.32 Å². The van der Waals surface area contributed by atoms with Crippen LogP contribution in [0.2, 0.25) is 10.0 Å². The van der Waals surface area contributed by atoms with Gasteiger partial charge in [-0.2, -0.15) is 0 Å². The highest BCUT2D eigenvalue weighted by Crippen LogP contribution is 2.26. The van der Waals surface area contributed by atoms with Crippen LogP contribution in [0.15, 0.2) is 42.5 Å². The summed E-state index contributed by atoms with van der Waals surface area (Å²) in [4.78, 5) is 12.5. The lowest BCUT2D eigenvalue weighted by atomic mass is 9.97. The average Bonchev–Trinajstić information content (AvgIpc) is 2.66. The van der Waals surface area contributed by atoms with Gasteiger partial charge in [-0.3, -0.25) is 4.79 Å². The van der Waals surface area contributed by atoms with Gasteiger partial charge in [-0.05, 0) is 49.1 Å². The van der Waals surface area contributed by atoms with E-state index in [4.69, 9.17) is 23.2 Å². The molecule has 1 heterocycles. The zero-order valence-electron chi connectivity index (χ0n) is 15.5. The molecule has 1 aliphatic rings. The van der Waals surface area contributed by atoms with Gasteiger partial charge in [0.2, 0.25) is 15.9 Å². The molecule has 2 aromatic rings. The fourth-order valence-corrected chi connectivity index (χ4v) is 5.15. The Morgan fingerprint density at radius 3 is 2.43 bits per heavy atom. The molecule has 150 valence electrons. The van der Waals surface area contributed by atoms with Crippen LogP contribution in [0.3, 0.4) is 0 Å². The van der Waals surface area contributed by atoms with Gasteiger partial charge in [-0.25, -0.2) is 12.7 Å². The van der Waals surface area contributed by atoms with Crippen LogP contribution in [0.4, 0.5) is 5.69 Å². The number of para-hydroxylation sites is 1. The number of piperidine rings is 1. The second kappa shape index (κ2) is 8.82. The van der Waals surface area contributed by atoms with Crippen LogP contribution in [-0.2, 0) is 20.6 Å². The molecule has 3 rings (SSSR count). The number of carbonyl (C=O) groups is 1. The summed E-state index contributed by atoms with van der Waals surface area (Å²) in [5.41, 5.74) is 2.38. The maximum atomic E-state index is 12.7. The lowest BCUT2D eigenvalue weighted by Gasteiger charge is -2.30. The molecular weight excluding hydrogens is 419 g/mol. The minimum Gasteiger partial charge on any atom is -0.326 e. The second-order valence-electron chi connectivity index (χ2n) is 6.98. The molecule has 0 atom stereocenters. The first-order chi connectivity index (χ1) is 13.3. The van der Waals surface area contributed by atoms with Gasteiger partial charge in [-0.1, -0.05) is 47.5 Å². The molecule has 0 spiro atoms. The van der Waals surface area contributed by atoms with E-state index in [1.807, 2.05) is 31.2 Å². The number of nitrogens with zero attached hydrogens (tertiary/aromatic N) is 1. The molecule has 0 saturated carbocycles. The molecule has 8 heteroatoms. The summed E-state index contributed by atoms with van der Waals surface area (Å²) < 4.78 is 26.9. The van der Waals surface area contributed by atoms with E-state index in [0.717, 1.165) is 11.3 Å². The first-order valence-corrected chi connectivity index (χ1v) is 11.4. The molecule has 28 heavy (non-hydrogen) atoms. The van der Waals surface area contributed by atoms with Crippen molar-refractivity contribution in [3.63, 3.8) is 0 Å². The highest BCUT2D eigenvalue weighted by atomic mass is 35.5. The van der Waals surface area contributed by atoms with Crippen molar-refractivity contribution in [2.75, 3.05) is 18.4 Å². The van der Waals surface area contributed by atoms with E-state index >= 15 is 0 Å². The molecule has 0 aromatic heterocycles. The lowest BCUT2D eigenvalue weighted by molar-refractivity contribution is -0.120. The highest BCUT2D eigenvalue weighted by molar-refractivity contribution is 7.88. The predicted molar refractivity (Wildman–Crippen MR) is 113 cm³/mol. The van der Waals surface area contributed by atoms with Crippen LogP contribution in [0, 0.1) is 12.8 Å². The van der Waals surface area contributed by atoms with Crippen molar-refractivity contribution in [3.05, 3.63) is 63.6 Å². The number of nitrogens with one attached hydrogen (secondary N) is 1. The molecule has 1 fully saturated rings. The Kier molecular flexibility index (Phi) is 6.65. The third-order valence-corrected chi connectivity index (χ3v) is 7.54. The number of anilines is 1. The SMILES string of the molecule is Cc1ccccc1NC(=O)C1CCN(S(=O)(=O)Cc2ccc(Cl)c(Cl)c2)CC1. The van der Waals surface area contributed by atoms with Gasteiger partial charge in [0.15, 0.2) is 0 Å². The van der Waals surface area contributed by atoms with E-state index in [-0.39, 0.29) is 17.6 Å². The van der Waals surface area contributed by atoms with Crippen LogP contribution in [0.5, 0.6) is 0 Å². The van der Waals surface area contributed by atoms with Crippen LogP contribution >= 0.6 is 23.2 Å². The molecule has 0 unspecified atom stereocenters. The van der Waals surface area contributed by atoms with E-state index in [1.165, 1.54) is 4.31 Å². The molecular formula is C20H22Cl2N2O3S. The summed E-state index contributed by atoms with van der Waals surface area (Å²) in [7, 11) is -3.48. The van der Waals surface area contributed by atoms with E-state index in [9.17, 15) is 13.2 Å². The quantitative estimate of drug-likeness (QED) is 0.744. The fourth-order valence-electron chi connectivity index (χ4n) is 3.28. The number of sulfonamides is 1. The molecule has 2 aromatic carbocycles. The van der Waals surface area contributed by atoms with E-state index in [0.29, 0.717) is 41.5 Å². The van der Waals surface area contributed by atoms with Crippen LogP contribution in [0.25, 0.3) is 0 Å². The maximum Gasteiger partial charge on any atom is 0.227 e. The highest BCUT2D eigenvalue weighted by Gasteiger charge is 2.31. The van der Waals surface area contributed by atoms with Crippen molar-refractivity contribution in [3.8, 4) is 0 Å². The molecule has 5 nitrogen and oxygen atoms in total. The number of carbonyl (C=O) groups excluding carboxylic acids is 1. The average molecular weight is 441 g/mol. The number of halogens is 2. The summed E-state index contributed by atoms with van der Waals surface area (Å²) in [6.45, 7) is 2.60. The van der Waals surface area contributed by atoms with Gasteiger partial charge in [-0.15, -0.1) is 0 Å². The Bertz CT molecular complexity index is 971. The van der Waals surface area contributed by atoms with E-state index in [2.05, 4.69) is 5.32 Å². The normalized spacial score (nSPS) is 16.1. The van der Waals surface area contributed by atoms with Crippen LogP contribution in [-0.4, -0.2) is 31.7 Å². The minimum atomic E-state index is -3.48. The van der Waals surface area contributed by atoms with Crippen LogP contribution in [0.1, 0.15) is 24.0 Å². The Morgan fingerprint density at radius 2 is 1.79 bits per heavy atom. The Morgan fingerprint density at radius 1 is 1.11 bits per heavy atom. The molecule has 0 radical (unpaired) electrons. The topological polar surface area (TPSA) is 66.5 Å². The molecule has 0 aliphatic carbocycles. The van der Waals surface area contributed by atoms with Gasteiger partial charge in [0.1, 0.15) is 0 Å². The van der Waals surface area contributed by atoms with Gasteiger partial charge < -0.3 is 5.32 Å². The molecule has 1 amide bonds. The van der Waals surface area contributed by atoms with E-state index in [1.54, 1.807) is 18.2 Å². The van der Waals surface area contributed by atoms with Crippen molar-refractivity contribution in [1.29, 1.82) is 0 Å². The largest absolute Gasteiger partial charge is 0.326 e.